The Bertz CT molecular complexity index is 496. The van der Waals surface area contributed by atoms with E-state index in [1.807, 2.05) is 0 Å². The maximum absolute atomic E-state index is 13.2. The highest BCUT2D eigenvalue weighted by molar-refractivity contribution is 6.33. The van der Waals surface area contributed by atoms with Crippen LogP contribution in [0.15, 0.2) is 18.2 Å². The molecule has 16 heavy (non-hydrogen) atoms. The van der Waals surface area contributed by atoms with Gasteiger partial charge in [-0.1, -0.05) is 24.6 Å². The average molecular weight is 240 g/mol. The molecule has 0 spiro atoms. The lowest BCUT2D eigenvalue weighted by molar-refractivity contribution is 0.628. The third kappa shape index (κ3) is 2.07. The molecule has 1 N–H and O–H groups in total. The number of rotatable bonds is 3. The molecule has 0 bridgehead atoms. The molecular formula is C11H11ClFN3. The van der Waals surface area contributed by atoms with Crippen molar-refractivity contribution in [3.05, 3.63) is 34.9 Å². The van der Waals surface area contributed by atoms with Gasteiger partial charge < -0.3 is 0 Å². The normalized spacial score (nSPS) is 10.7. The fourth-order valence-electron chi connectivity index (χ4n) is 1.44. The van der Waals surface area contributed by atoms with Gasteiger partial charge in [0.25, 0.3) is 0 Å². The van der Waals surface area contributed by atoms with Gasteiger partial charge in [0.15, 0.2) is 5.82 Å². The van der Waals surface area contributed by atoms with E-state index in [2.05, 4.69) is 22.1 Å². The van der Waals surface area contributed by atoms with Gasteiger partial charge in [0.2, 0.25) is 0 Å². The van der Waals surface area contributed by atoms with Crippen molar-refractivity contribution in [3.63, 3.8) is 0 Å². The Morgan fingerprint density at radius 1 is 1.44 bits per heavy atom. The lowest BCUT2D eigenvalue weighted by Gasteiger charge is -1.99. The molecule has 1 aromatic carbocycles. The van der Waals surface area contributed by atoms with Crippen LogP contribution in [0.2, 0.25) is 5.02 Å². The summed E-state index contributed by atoms with van der Waals surface area (Å²) in [6.45, 7) is 2.05. The van der Waals surface area contributed by atoms with Crippen LogP contribution in [0.3, 0.4) is 0 Å². The van der Waals surface area contributed by atoms with Crippen molar-refractivity contribution >= 4 is 11.6 Å². The molecule has 3 nitrogen and oxygen atoms in total. The van der Waals surface area contributed by atoms with Crippen LogP contribution in [0.1, 0.15) is 19.2 Å². The van der Waals surface area contributed by atoms with E-state index in [0.717, 1.165) is 18.7 Å². The lowest BCUT2D eigenvalue weighted by Crippen LogP contribution is -1.87. The summed E-state index contributed by atoms with van der Waals surface area (Å²) in [5, 5.41) is 6.89. The van der Waals surface area contributed by atoms with Crippen molar-refractivity contribution < 1.29 is 4.39 Å². The van der Waals surface area contributed by atoms with Crippen LogP contribution in [0.5, 0.6) is 0 Å². The zero-order valence-electron chi connectivity index (χ0n) is 8.80. The van der Waals surface area contributed by atoms with E-state index in [9.17, 15) is 4.39 Å². The number of nitrogens with zero attached hydrogens (tertiary/aromatic N) is 2. The smallest absolute Gasteiger partial charge is 0.182 e. The molecule has 0 aliphatic heterocycles. The van der Waals surface area contributed by atoms with Crippen LogP contribution in [0, 0.1) is 5.82 Å². The molecule has 0 unspecified atom stereocenters. The molecule has 5 heteroatoms. The molecule has 0 atom stereocenters. The van der Waals surface area contributed by atoms with Gasteiger partial charge in [0.05, 0.1) is 5.02 Å². The Labute approximate surface area is 97.7 Å². The average Bonchev–Trinajstić information content (AvgIpc) is 2.71. The molecule has 0 saturated heterocycles. The van der Waals surface area contributed by atoms with Gasteiger partial charge >= 0.3 is 0 Å². The maximum atomic E-state index is 13.2. The molecule has 0 amide bonds. The molecule has 0 radical (unpaired) electrons. The number of hydrogen-bond donors (Lipinski definition) is 1. The predicted molar refractivity (Wildman–Crippen MR) is 60.8 cm³/mol. The second kappa shape index (κ2) is 4.61. The fourth-order valence-corrected chi connectivity index (χ4v) is 1.65. The molecule has 84 valence electrons. The lowest BCUT2D eigenvalue weighted by atomic mass is 10.2. The Morgan fingerprint density at radius 2 is 2.25 bits per heavy atom. The summed E-state index contributed by atoms with van der Waals surface area (Å²) in [6.07, 6.45) is 1.80. The molecule has 1 heterocycles. The van der Waals surface area contributed by atoms with E-state index in [-0.39, 0.29) is 5.02 Å². The van der Waals surface area contributed by atoms with Gasteiger partial charge in [-0.15, -0.1) is 0 Å². The van der Waals surface area contributed by atoms with Crippen molar-refractivity contribution in [2.45, 2.75) is 19.8 Å². The molecule has 2 rings (SSSR count). The minimum atomic E-state index is -0.457. The quantitative estimate of drug-likeness (QED) is 0.894. The highest BCUT2D eigenvalue weighted by Crippen LogP contribution is 2.27. The zero-order valence-corrected chi connectivity index (χ0v) is 9.55. The van der Waals surface area contributed by atoms with Crippen LogP contribution in [-0.2, 0) is 6.42 Å². The first kappa shape index (κ1) is 11.1. The molecule has 2 aromatic rings. The standard InChI is InChI=1S/C11H11ClFN3/c1-2-4-9-14-11(16-15-9)7-5-3-6-8(13)10(7)12/h3,5-6H,2,4H2,1H3,(H,14,15,16). The molecule has 0 aliphatic carbocycles. The number of aromatic amines is 1. The number of H-pyrrole nitrogens is 1. The van der Waals surface area contributed by atoms with Crippen LogP contribution < -0.4 is 0 Å². The Balaban J connectivity index is 2.39. The van der Waals surface area contributed by atoms with Gasteiger partial charge in [-0.25, -0.2) is 9.37 Å². The van der Waals surface area contributed by atoms with Crippen LogP contribution in [-0.4, -0.2) is 15.2 Å². The Morgan fingerprint density at radius 3 is 3.00 bits per heavy atom. The minimum Gasteiger partial charge on any atom is -0.263 e. The van der Waals surface area contributed by atoms with Gasteiger partial charge in [0.1, 0.15) is 11.6 Å². The first-order valence-electron chi connectivity index (χ1n) is 5.08. The summed E-state index contributed by atoms with van der Waals surface area (Å²) in [5.74, 6) is 0.770. The van der Waals surface area contributed by atoms with Gasteiger partial charge in [-0.2, -0.15) is 5.10 Å². The first-order valence-corrected chi connectivity index (χ1v) is 5.46. The SMILES string of the molecule is CCCc1nc(-c2cccc(F)c2Cl)n[nH]1. The van der Waals surface area contributed by atoms with Crippen LogP contribution in [0.25, 0.3) is 11.4 Å². The molecule has 0 aliphatic rings. The third-order valence-corrected chi connectivity index (χ3v) is 2.60. The summed E-state index contributed by atoms with van der Waals surface area (Å²) in [5.41, 5.74) is 0.514. The van der Waals surface area contributed by atoms with Crippen LogP contribution >= 0.6 is 11.6 Å². The summed E-state index contributed by atoms with van der Waals surface area (Å²) in [7, 11) is 0. The van der Waals surface area contributed by atoms with Gasteiger partial charge in [0, 0.05) is 12.0 Å². The topological polar surface area (TPSA) is 41.6 Å². The monoisotopic (exact) mass is 239 g/mol. The van der Waals surface area contributed by atoms with Crippen molar-refractivity contribution in [2.24, 2.45) is 0 Å². The van der Waals surface area contributed by atoms with Gasteiger partial charge in [-0.05, 0) is 18.6 Å². The van der Waals surface area contributed by atoms with Gasteiger partial charge in [-0.3, -0.25) is 5.10 Å². The van der Waals surface area contributed by atoms with Crippen LogP contribution in [0.4, 0.5) is 4.39 Å². The highest BCUT2D eigenvalue weighted by atomic mass is 35.5. The van der Waals surface area contributed by atoms with E-state index in [1.54, 1.807) is 12.1 Å². The maximum Gasteiger partial charge on any atom is 0.182 e. The summed E-state index contributed by atoms with van der Waals surface area (Å²) >= 11 is 5.85. The highest BCUT2D eigenvalue weighted by Gasteiger charge is 2.12. The third-order valence-electron chi connectivity index (χ3n) is 2.21. The molecular weight excluding hydrogens is 229 g/mol. The number of hydrogen-bond acceptors (Lipinski definition) is 2. The fraction of sp³-hybridized carbons (Fsp3) is 0.273. The largest absolute Gasteiger partial charge is 0.263 e. The summed E-state index contributed by atoms with van der Waals surface area (Å²) in [4.78, 5) is 4.25. The summed E-state index contributed by atoms with van der Waals surface area (Å²) < 4.78 is 13.2. The van der Waals surface area contributed by atoms with E-state index >= 15 is 0 Å². The number of halogens is 2. The van der Waals surface area contributed by atoms with E-state index in [4.69, 9.17) is 11.6 Å². The second-order valence-corrected chi connectivity index (χ2v) is 3.84. The molecule has 1 aromatic heterocycles. The number of aromatic nitrogens is 3. The Kier molecular flexibility index (Phi) is 3.19. The van der Waals surface area contributed by atoms with Crippen molar-refractivity contribution in [3.8, 4) is 11.4 Å². The van der Waals surface area contributed by atoms with Crippen molar-refractivity contribution in [1.29, 1.82) is 0 Å². The Hall–Kier alpha value is -1.42. The van der Waals surface area contributed by atoms with Crippen molar-refractivity contribution in [2.75, 3.05) is 0 Å². The van der Waals surface area contributed by atoms with Crippen molar-refractivity contribution in [1.82, 2.24) is 15.2 Å². The molecule has 0 saturated carbocycles. The molecule has 0 fully saturated rings. The summed E-state index contributed by atoms with van der Waals surface area (Å²) in [6, 6.07) is 4.60. The van der Waals surface area contributed by atoms with E-state index in [0.29, 0.717) is 11.4 Å². The number of aryl methyl sites for hydroxylation is 1. The second-order valence-electron chi connectivity index (χ2n) is 3.46. The van der Waals surface area contributed by atoms with E-state index < -0.39 is 5.82 Å². The zero-order chi connectivity index (χ0) is 11.5. The minimum absolute atomic E-state index is 0.0598. The predicted octanol–water partition coefficient (Wildman–Crippen LogP) is 3.22. The first-order chi connectivity index (χ1) is 7.72. The number of benzene rings is 1. The van der Waals surface area contributed by atoms with E-state index in [1.165, 1.54) is 6.07 Å². The number of nitrogens with one attached hydrogen (secondary N) is 1.